The third-order valence-corrected chi connectivity index (χ3v) is 4.55. The van der Waals surface area contributed by atoms with Crippen LogP contribution >= 0.6 is 11.3 Å². The van der Waals surface area contributed by atoms with E-state index in [4.69, 9.17) is 10.5 Å². The van der Waals surface area contributed by atoms with Crippen molar-refractivity contribution in [3.63, 3.8) is 0 Å². The van der Waals surface area contributed by atoms with Crippen LogP contribution in [0, 0.1) is 6.92 Å². The molecule has 0 bridgehead atoms. The van der Waals surface area contributed by atoms with Crippen molar-refractivity contribution in [2.45, 2.75) is 32.9 Å². The number of morpholine rings is 1. The lowest BCUT2D eigenvalue weighted by Crippen LogP contribution is -2.41. The zero-order valence-corrected chi connectivity index (χ0v) is 13.9. The summed E-state index contributed by atoms with van der Waals surface area (Å²) in [6, 6.07) is 4.98. The number of ether oxygens (including phenoxy) is 1. The van der Waals surface area contributed by atoms with Crippen LogP contribution in [0.15, 0.2) is 17.1 Å². The third-order valence-electron chi connectivity index (χ3n) is 3.45. The van der Waals surface area contributed by atoms with Gasteiger partial charge in [0, 0.05) is 28.9 Å². The average Bonchev–Trinajstić information content (AvgIpc) is 2.86. The Morgan fingerprint density at radius 3 is 2.71 bits per heavy atom. The van der Waals surface area contributed by atoms with Gasteiger partial charge in [-0.3, -0.25) is 9.89 Å². The Balaban J connectivity index is 2.08. The smallest absolute Gasteiger partial charge is 0.188 e. The van der Waals surface area contributed by atoms with Crippen LogP contribution in [0.5, 0.6) is 0 Å². The Labute approximate surface area is 131 Å². The summed E-state index contributed by atoms with van der Waals surface area (Å²) in [4.78, 5) is 9.67. The third kappa shape index (κ3) is 4.98. The Morgan fingerprint density at radius 2 is 2.14 bits per heavy atom. The van der Waals surface area contributed by atoms with Gasteiger partial charge >= 0.3 is 0 Å². The van der Waals surface area contributed by atoms with Crippen molar-refractivity contribution in [1.29, 1.82) is 0 Å². The van der Waals surface area contributed by atoms with E-state index in [0.29, 0.717) is 24.6 Å². The van der Waals surface area contributed by atoms with Crippen molar-refractivity contribution in [1.82, 2.24) is 10.2 Å². The van der Waals surface area contributed by atoms with E-state index in [-0.39, 0.29) is 0 Å². The maximum absolute atomic E-state index is 5.93. The van der Waals surface area contributed by atoms with Crippen molar-refractivity contribution < 1.29 is 4.74 Å². The molecule has 2 rings (SSSR count). The number of guanidine groups is 1. The van der Waals surface area contributed by atoms with Crippen LogP contribution in [-0.2, 0) is 4.74 Å². The van der Waals surface area contributed by atoms with Crippen LogP contribution in [-0.4, -0.2) is 49.7 Å². The standard InChI is InChI=1S/C15H26N4OS/c1-11(2)18-15(16)17-10-13(14-5-4-12(3)21-14)19-6-8-20-9-7-19/h4-5,11,13H,6-10H2,1-3H3,(H3,16,17,18). The van der Waals surface area contributed by atoms with Crippen LogP contribution in [0.1, 0.15) is 29.6 Å². The molecule has 1 atom stereocenters. The fourth-order valence-electron chi connectivity index (χ4n) is 2.43. The highest BCUT2D eigenvalue weighted by molar-refractivity contribution is 7.12. The predicted molar refractivity (Wildman–Crippen MR) is 89.0 cm³/mol. The maximum atomic E-state index is 5.93. The lowest BCUT2D eigenvalue weighted by Gasteiger charge is -2.33. The van der Waals surface area contributed by atoms with Gasteiger partial charge in [-0.2, -0.15) is 0 Å². The summed E-state index contributed by atoms with van der Waals surface area (Å²) in [5.74, 6) is 0.525. The van der Waals surface area contributed by atoms with Crippen molar-refractivity contribution in [2.24, 2.45) is 10.7 Å². The van der Waals surface area contributed by atoms with Gasteiger partial charge in [0.05, 0.1) is 25.8 Å². The van der Waals surface area contributed by atoms with Crippen molar-refractivity contribution in [3.05, 3.63) is 21.9 Å². The second-order valence-corrected chi connectivity index (χ2v) is 6.96. The molecule has 2 heterocycles. The highest BCUT2D eigenvalue weighted by atomic mass is 32.1. The molecule has 0 saturated carbocycles. The van der Waals surface area contributed by atoms with E-state index in [9.17, 15) is 0 Å². The molecule has 0 aromatic carbocycles. The molecule has 1 aliphatic heterocycles. The monoisotopic (exact) mass is 310 g/mol. The number of nitrogens with zero attached hydrogens (tertiary/aromatic N) is 2. The summed E-state index contributed by atoms with van der Waals surface area (Å²) >= 11 is 1.84. The van der Waals surface area contributed by atoms with Gasteiger partial charge in [-0.15, -0.1) is 11.3 Å². The Bertz CT molecular complexity index is 466. The zero-order valence-electron chi connectivity index (χ0n) is 13.1. The summed E-state index contributed by atoms with van der Waals surface area (Å²) in [7, 11) is 0. The molecule has 0 amide bonds. The van der Waals surface area contributed by atoms with E-state index in [2.05, 4.69) is 48.1 Å². The first-order valence-corrected chi connectivity index (χ1v) is 8.32. The number of nitrogens with two attached hydrogens (primary N) is 1. The number of nitrogens with one attached hydrogen (secondary N) is 1. The van der Waals surface area contributed by atoms with Gasteiger partial charge < -0.3 is 15.8 Å². The number of hydrogen-bond donors (Lipinski definition) is 2. The number of hydrogen-bond acceptors (Lipinski definition) is 4. The number of aliphatic imine (C=N–C) groups is 1. The van der Waals surface area contributed by atoms with Crippen LogP contribution < -0.4 is 11.1 Å². The molecule has 6 heteroatoms. The van der Waals surface area contributed by atoms with Gasteiger partial charge in [-0.25, -0.2) is 0 Å². The molecule has 1 fully saturated rings. The molecular formula is C15H26N4OS. The van der Waals surface area contributed by atoms with E-state index in [1.165, 1.54) is 9.75 Å². The predicted octanol–water partition coefficient (Wildman–Crippen LogP) is 1.74. The normalized spacial score (nSPS) is 19.0. The van der Waals surface area contributed by atoms with Crippen molar-refractivity contribution in [3.8, 4) is 0 Å². The first-order valence-electron chi connectivity index (χ1n) is 7.51. The molecule has 0 aliphatic carbocycles. The van der Waals surface area contributed by atoms with Gasteiger partial charge in [0.15, 0.2) is 5.96 Å². The number of aryl methyl sites for hydroxylation is 1. The lowest BCUT2D eigenvalue weighted by atomic mass is 10.2. The Morgan fingerprint density at radius 1 is 1.43 bits per heavy atom. The highest BCUT2D eigenvalue weighted by Gasteiger charge is 2.23. The first kappa shape index (κ1) is 16.3. The molecule has 1 aromatic rings. The van der Waals surface area contributed by atoms with Gasteiger partial charge in [-0.1, -0.05) is 0 Å². The quantitative estimate of drug-likeness (QED) is 0.642. The molecule has 118 valence electrons. The molecule has 1 aliphatic rings. The van der Waals surface area contributed by atoms with Crippen LogP contribution in [0.3, 0.4) is 0 Å². The first-order chi connectivity index (χ1) is 10.1. The minimum atomic E-state index is 0.292. The summed E-state index contributed by atoms with van der Waals surface area (Å²) in [5, 5.41) is 3.15. The van der Waals surface area contributed by atoms with Crippen LogP contribution in [0.2, 0.25) is 0 Å². The molecule has 0 radical (unpaired) electrons. The largest absolute Gasteiger partial charge is 0.379 e. The second-order valence-electron chi connectivity index (χ2n) is 5.64. The molecule has 21 heavy (non-hydrogen) atoms. The van der Waals surface area contributed by atoms with E-state index in [1.54, 1.807) is 0 Å². The Hall–Kier alpha value is -1.11. The zero-order chi connectivity index (χ0) is 15.2. The molecule has 1 saturated heterocycles. The summed E-state index contributed by atoms with van der Waals surface area (Å²) in [6.07, 6.45) is 0. The molecule has 1 unspecified atom stereocenters. The van der Waals surface area contributed by atoms with Crippen LogP contribution in [0.25, 0.3) is 0 Å². The van der Waals surface area contributed by atoms with Gasteiger partial charge in [0.1, 0.15) is 0 Å². The summed E-state index contributed by atoms with van der Waals surface area (Å²) in [6.45, 7) is 10.4. The maximum Gasteiger partial charge on any atom is 0.188 e. The van der Waals surface area contributed by atoms with Crippen molar-refractivity contribution in [2.75, 3.05) is 32.8 Å². The number of thiophene rings is 1. The van der Waals surface area contributed by atoms with E-state index in [0.717, 1.165) is 26.3 Å². The van der Waals surface area contributed by atoms with E-state index < -0.39 is 0 Å². The SMILES string of the molecule is Cc1ccc(C(CN=C(N)NC(C)C)N2CCOCC2)s1. The summed E-state index contributed by atoms with van der Waals surface area (Å²) in [5.41, 5.74) is 5.93. The van der Waals surface area contributed by atoms with Gasteiger partial charge in [-0.05, 0) is 32.9 Å². The van der Waals surface area contributed by atoms with Gasteiger partial charge in [0.25, 0.3) is 0 Å². The number of rotatable bonds is 5. The minimum Gasteiger partial charge on any atom is -0.379 e. The minimum absolute atomic E-state index is 0.292. The van der Waals surface area contributed by atoms with E-state index >= 15 is 0 Å². The Kier molecular flexibility index (Phi) is 6.02. The summed E-state index contributed by atoms with van der Waals surface area (Å²) < 4.78 is 5.46. The molecule has 0 spiro atoms. The van der Waals surface area contributed by atoms with Crippen LogP contribution in [0.4, 0.5) is 0 Å². The molecule has 1 aromatic heterocycles. The highest BCUT2D eigenvalue weighted by Crippen LogP contribution is 2.28. The van der Waals surface area contributed by atoms with E-state index in [1.807, 2.05) is 11.3 Å². The lowest BCUT2D eigenvalue weighted by molar-refractivity contribution is 0.0187. The molecular weight excluding hydrogens is 284 g/mol. The molecule has 5 nitrogen and oxygen atoms in total. The molecule has 3 N–H and O–H groups in total. The van der Waals surface area contributed by atoms with Crippen molar-refractivity contribution >= 4 is 17.3 Å². The second kappa shape index (κ2) is 7.77. The van der Waals surface area contributed by atoms with Gasteiger partial charge in [0.2, 0.25) is 0 Å². The fourth-order valence-corrected chi connectivity index (χ4v) is 3.44. The average molecular weight is 310 g/mol. The topological polar surface area (TPSA) is 62.9 Å². The fraction of sp³-hybridized carbons (Fsp3) is 0.667.